The Morgan fingerprint density at radius 3 is 2.80 bits per heavy atom. The minimum atomic E-state index is 0.977. The lowest BCUT2D eigenvalue weighted by Gasteiger charge is -2.14. The number of aryl methyl sites for hydroxylation is 1. The van der Waals surface area contributed by atoms with Crippen LogP contribution in [0.2, 0.25) is 0 Å². The Morgan fingerprint density at radius 2 is 2.20 bits per heavy atom. The number of rotatable bonds is 7. The topological polar surface area (TPSA) is 16.1 Å². The van der Waals surface area contributed by atoms with Gasteiger partial charge < -0.3 is 4.90 Å². The number of unbranched alkanes of at least 4 members (excludes halogenated alkanes) is 2. The highest BCUT2D eigenvalue weighted by Gasteiger charge is 2.02. The van der Waals surface area contributed by atoms with E-state index in [9.17, 15) is 0 Å². The molecule has 1 rings (SSSR count). The Morgan fingerprint density at radius 1 is 1.40 bits per heavy atom. The Kier molecular flexibility index (Phi) is 6.29. The molecule has 1 aromatic heterocycles. The second-order valence-corrected chi connectivity index (χ2v) is 5.39. The van der Waals surface area contributed by atoms with Crippen molar-refractivity contribution in [3.8, 4) is 0 Å². The lowest BCUT2D eigenvalue weighted by atomic mass is 10.2. The van der Waals surface area contributed by atoms with E-state index in [1.807, 2.05) is 0 Å². The monoisotopic (exact) mass is 244 g/mol. The van der Waals surface area contributed by atoms with Gasteiger partial charge in [0.25, 0.3) is 0 Å². The van der Waals surface area contributed by atoms with Gasteiger partial charge in [-0.15, -0.1) is 11.3 Å². The molecule has 1 heterocycles. The molecular formula is C11H20N2S2. The van der Waals surface area contributed by atoms with Crippen LogP contribution in [-0.2, 0) is 6.54 Å². The summed E-state index contributed by atoms with van der Waals surface area (Å²) < 4.78 is 0. The molecule has 4 heteroatoms. The van der Waals surface area contributed by atoms with E-state index in [2.05, 4.69) is 41.9 Å². The van der Waals surface area contributed by atoms with Crippen molar-refractivity contribution in [2.24, 2.45) is 0 Å². The van der Waals surface area contributed by atoms with E-state index in [0.29, 0.717) is 0 Å². The summed E-state index contributed by atoms with van der Waals surface area (Å²) >= 11 is 5.94. The van der Waals surface area contributed by atoms with Gasteiger partial charge in [-0.05, 0) is 39.1 Å². The van der Waals surface area contributed by atoms with E-state index >= 15 is 0 Å². The van der Waals surface area contributed by atoms with Crippen molar-refractivity contribution in [1.29, 1.82) is 0 Å². The van der Waals surface area contributed by atoms with Crippen LogP contribution in [-0.4, -0.2) is 29.2 Å². The summed E-state index contributed by atoms with van der Waals surface area (Å²) in [5, 5.41) is 3.31. The molecule has 0 aliphatic rings. The van der Waals surface area contributed by atoms with Gasteiger partial charge in [0, 0.05) is 11.9 Å². The van der Waals surface area contributed by atoms with Gasteiger partial charge >= 0.3 is 0 Å². The molecule has 0 saturated heterocycles. The molecule has 0 unspecified atom stereocenters. The third-order valence-electron chi connectivity index (χ3n) is 2.30. The van der Waals surface area contributed by atoms with Crippen LogP contribution in [0.3, 0.4) is 0 Å². The standard InChI is InChI=1S/C11H20N2S2/c1-10-12-11(9-15-10)8-13(2)6-4-3-5-7-14/h9,14H,3-8H2,1-2H3. The summed E-state index contributed by atoms with van der Waals surface area (Å²) in [7, 11) is 2.16. The van der Waals surface area contributed by atoms with Crippen LogP contribution >= 0.6 is 24.0 Å². The molecule has 0 radical (unpaired) electrons. The molecule has 1 aromatic rings. The van der Waals surface area contributed by atoms with Crippen LogP contribution in [0.5, 0.6) is 0 Å². The minimum Gasteiger partial charge on any atom is -0.301 e. The van der Waals surface area contributed by atoms with Crippen molar-refractivity contribution in [1.82, 2.24) is 9.88 Å². The molecule has 0 spiro atoms. The highest BCUT2D eigenvalue weighted by molar-refractivity contribution is 7.80. The van der Waals surface area contributed by atoms with E-state index in [0.717, 1.165) is 23.8 Å². The molecule has 0 saturated carbocycles. The van der Waals surface area contributed by atoms with Crippen LogP contribution in [0.25, 0.3) is 0 Å². The fourth-order valence-electron chi connectivity index (χ4n) is 1.51. The van der Waals surface area contributed by atoms with Crippen molar-refractivity contribution in [3.63, 3.8) is 0 Å². The summed E-state index contributed by atoms with van der Waals surface area (Å²) in [6.07, 6.45) is 3.77. The Balaban J connectivity index is 2.15. The summed E-state index contributed by atoms with van der Waals surface area (Å²) in [4.78, 5) is 6.80. The summed E-state index contributed by atoms with van der Waals surface area (Å²) in [5.41, 5.74) is 1.20. The zero-order chi connectivity index (χ0) is 11.1. The number of hydrogen-bond acceptors (Lipinski definition) is 4. The first-order valence-electron chi connectivity index (χ1n) is 5.43. The summed E-state index contributed by atoms with van der Waals surface area (Å²) in [6, 6.07) is 0. The average molecular weight is 244 g/mol. The Bertz CT molecular complexity index is 273. The number of nitrogens with zero attached hydrogens (tertiary/aromatic N) is 2. The molecule has 0 aromatic carbocycles. The first-order chi connectivity index (χ1) is 7.22. The SMILES string of the molecule is Cc1nc(CN(C)CCCCCS)cs1. The lowest BCUT2D eigenvalue weighted by molar-refractivity contribution is 0.315. The normalized spacial score (nSPS) is 11.2. The maximum atomic E-state index is 4.46. The predicted molar refractivity (Wildman–Crippen MR) is 70.9 cm³/mol. The van der Waals surface area contributed by atoms with Crippen molar-refractivity contribution < 1.29 is 0 Å². The number of thiazole rings is 1. The Labute approximate surface area is 102 Å². The third kappa shape index (κ3) is 5.54. The zero-order valence-electron chi connectivity index (χ0n) is 9.57. The molecule has 0 aliphatic carbocycles. The molecule has 0 aliphatic heterocycles. The number of hydrogen-bond donors (Lipinski definition) is 1. The van der Waals surface area contributed by atoms with E-state index < -0.39 is 0 Å². The third-order valence-corrected chi connectivity index (χ3v) is 3.43. The van der Waals surface area contributed by atoms with E-state index in [1.165, 1.54) is 25.0 Å². The van der Waals surface area contributed by atoms with Crippen LogP contribution in [0.4, 0.5) is 0 Å². The second-order valence-electron chi connectivity index (χ2n) is 3.88. The molecule has 0 fully saturated rings. The summed E-state index contributed by atoms with van der Waals surface area (Å²) in [6.45, 7) is 4.19. The average Bonchev–Trinajstić information content (AvgIpc) is 2.59. The highest BCUT2D eigenvalue weighted by Crippen LogP contribution is 2.10. The molecule has 86 valence electrons. The van der Waals surface area contributed by atoms with Crippen LogP contribution in [0.15, 0.2) is 5.38 Å². The van der Waals surface area contributed by atoms with Gasteiger partial charge in [0.05, 0.1) is 10.7 Å². The predicted octanol–water partition coefficient (Wildman–Crippen LogP) is 2.98. The molecule has 2 nitrogen and oxygen atoms in total. The second kappa shape index (κ2) is 7.25. The van der Waals surface area contributed by atoms with Gasteiger partial charge in [0.1, 0.15) is 0 Å². The van der Waals surface area contributed by atoms with Gasteiger partial charge in [0.2, 0.25) is 0 Å². The van der Waals surface area contributed by atoms with Crippen molar-refractivity contribution in [2.75, 3.05) is 19.3 Å². The first kappa shape index (κ1) is 13.0. The quantitative estimate of drug-likeness (QED) is 0.586. The van der Waals surface area contributed by atoms with E-state index in [-0.39, 0.29) is 0 Å². The molecule has 0 amide bonds. The van der Waals surface area contributed by atoms with Crippen LogP contribution in [0.1, 0.15) is 30.0 Å². The number of aromatic nitrogens is 1. The smallest absolute Gasteiger partial charge is 0.0897 e. The molecule has 0 atom stereocenters. The van der Waals surface area contributed by atoms with Crippen molar-refractivity contribution in [2.45, 2.75) is 32.7 Å². The Hall–Kier alpha value is -0.0600. The molecule has 0 bridgehead atoms. The maximum absolute atomic E-state index is 4.46. The van der Waals surface area contributed by atoms with Gasteiger partial charge in [-0.2, -0.15) is 12.6 Å². The fourth-order valence-corrected chi connectivity index (χ4v) is 2.33. The maximum Gasteiger partial charge on any atom is 0.0897 e. The largest absolute Gasteiger partial charge is 0.301 e. The molecule has 15 heavy (non-hydrogen) atoms. The summed E-state index contributed by atoms with van der Waals surface area (Å²) in [5.74, 6) is 1.01. The van der Waals surface area contributed by atoms with Gasteiger partial charge in [-0.1, -0.05) is 6.42 Å². The zero-order valence-corrected chi connectivity index (χ0v) is 11.3. The molecular weight excluding hydrogens is 224 g/mol. The van der Waals surface area contributed by atoms with Crippen LogP contribution < -0.4 is 0 Å². The van der Waals surface area contributed by atoms with Crippen LogP contribution in [0, 0.1) is 6.92 Å². The van der Waals surface area contributed by atoms with Gasteiger partial charge in [-0.3, -0.25) is 0 Å². The van der Waals surface area contributed by atoms with E-state index in [4.69, 9.17) is 0 Å². The van der Waals surface area contributed by atoms with Gasteiger partial charge in [0.15, 0.2) is 0 Å². The van der Waals surface area contributed by atoms with Crippen molar-refractivity contribution >= 4 is 24.0 Å². The highest BCUT2D eigenvalue weighted by atomic mass is 32.1. The van der Waals surface area contributed by atoms with Crippen molar-refractivity contribution in [3.05, 3.63) is 16.1 Å². The number of thiol groups is 1. The lowest BCUT2D eigenvalue weighted by Crippen LogP contribution is -2.19. The molecule has 0 N–H and O–H groups in total. The van der Waals surface area contributed by atoms with Gasteiger partial charge in [-0.25, -0.2) is 4.98 Å². The minimum absolute atomic E-state index is 0.977. The first-order valence-corrected chi connectivity index (χ1v) is 6.94. The van der Waals surface area contributed by atoms with E-state index in [1.54, 1.807) is 11.3 Å². The fraction of sp³-hybridized carbons (Fsp3) is 0.727.